The number of benzene rings is 2. The smallest absolute Gasteiger partial charge is 0.222 e. The maximum atomic E-state index is 11.5. The molecule has 1 radical (unpaired) electrons. The van der Waals surface area contributed by atoms with Gasteiger partial charge in [0.15, 0.2) is 11.5 Å². The van der Waals surface area contributed by atoms with E-state index in [0.29, 0.717) is 11.5 Å². The Labute approximate surface area is 111 Å². The predicted octanol–water partition coefficient (Wildman–Crippen LogP) is 3.80. The second-order valence-electron chi connectivity index (χ2n) is 3.03. The molecule has 0 aromatic heterocycles. The topological polar surface area (TPSA) is 35.5 Å². The van der Waals surface area contributed by atoms with Gasteiger partial charge < -0.3 is 0 Å². The molecule has 0 N–H and O–H groups in total. The van der Waals surface area contributed by atoms with E-state index in [2.05, 4.69) is 0 Å². The van der Waals surface area contributed by atoms with Crippen molar-refractivity contribution in [2.75, 3.05) is 0 Å². The minimum atomic E-state index is -2.18. The van der Waals surface area contributed by atoms with Gasteiger partial charge in [0.25, 0.3) is 0 Å². The maximum absolute atomic E-state index is 11.5. The minimum absolute atomic E-state index is 0. The van der Waals surface area contributed by atoms with E-state index in [9.17, 15) is 4.57 Å². The van der Waals surface area contributed by atoms with E-state index in [1.807, 2.05) is 12.1 Å². The first-order valence-corrected chi connectivity index (χ1v) is 5.87. The SMILES string of the molecule is O=[P+](Oc1ccccc1)Oc1ccccc1.[Fe+3]. The molecule has 0 saturated heterocycles. The van der Waals surface area contributed by atoms with Crippen LogP contribution in [-0.2, 0) is 21.6 Å². The Bertz CT molecular complexity index is 418. The Kier molecular flexibility index (Phi) is 5.71. The first kappa shape index (κ1) is 13.7. The van der Waals surface area contributed by atoms with Crippen molar-refractivity contribution in [1.29, 1.82) is 0 Å². The van der Waals surface area contributed by atoms with Crippen LogP contribution in [0.3, 0.4) is 0 Å². The molecule has 85 valence electrons. The number of rotatable bonds is 4. The fraction of sp³-hybridized carbons (Fsp3) is 0. The van der Waals surface area contributed by atoms with Crippen LogP contribution in [0.25, 0.3) is 0 Å². The predicted molar refractivity (Wildman–Crippen MR) is 61.7 cm³/mol. The average Bonchev–Trinajstić information content (AvgIpc) is 2.31. The zero-order valence-corrected chi connectivity index (χ0v) is 10.8. The third-order valence-electron chi connectivity index (χ3n) is 1.85. The standard InChI is InChI=1S/C12H10O3P.Fe/c13-16(14-11-7-3-1-4-8-11)15-12-9-5-2-6-10-12;/h1-10H;/q+1;+3. The molecule has 2 aromatic carbocycles. The zero-order valence-electron chi connectivity index (χ0n) is 8.80. The van der Waals surface area contributed by atoms with Gasteiger partial charge in [-0.05, 0) is 24.3 Å². The van der Waals surface area contributed by atoms with Crippen molar-refractivity contribution in [2.45, 2.75) is 0 Å². The molecule has 3 nitrogen and oxygen atoms in total. The molecule has 5 heteroatoms. The van der Waals surface area contributed by atoms with Gasteiger partial charge in [-0.1, -0.05) is 36.4 Å². The van der Waals surface area contributed by atoms with E-state index in [4.69, 9.17) is 9.05 Å². The molecule has 0 aliphatic heterocycles. The van der Waals surface area contributed by atoms with Crippen molar-refractivity contribution < 1.29 is 30.7 Å². The molecule has 0 spiro atoms. The van der Waals surface area contributed by atoms with Gasteiger partial charge in [-0.3, -0.25) is 0 Å². The van der Waals surface area contributed by atoms with Gasteiger partial charge in [-0.25, -0.2) is 9.05 Å². The summed E-state index contributed by atoms with van der Waals surface area (Å²) in [5.74, 6) is 1.05. The van der Waals surface area contributed by atoms with E-state index in [0.717, 1.165) is 0 Å². The fourth-order valence-electron chi connectivity index (χ4n) is 1.15. The minimum Gasteiger partial charge on any atom is -0.222 e. The summed E-state index contributed by atoms with van der Waals surface area (Å²) in [5.41, 5.74) is 0. The van der Waals surface area contributed by atoms with Crippen molar-refractivity contribution in [3.8, 4) is 11.5 Å². The number of para-hydroxylation sites is 2. The van der Waals surface area contributed by atoms with Crippen molar-refractivity contribution in [1.82, 2.24) is 0 Å². The summed E-state index contributed by atoms with van der Waals surface area (Å²) >= 11 is 0. The molecule has 0 bridgehead atoms. The zero-order chi connectivity index (χ0) is 11.2. The summed E-state index contributed by atoms with van der Waals surface area (Å²) in [6.45, 7) is 0. The Hall–Kier alpha value is -1.34. The van der Waals surface area contributed by atoms with E-state index in [1.54, 1.807) is 48.5 Å². The molecule has 0 heterocycles. The first-order valence-electron chi connectivity index (χ1n) is 4.78. The van der Waals surface area contributed by atoms with Gasteiger partial charge in [-0.15, -0.1) is 0 Å². The Morgan fingerprint density at radius 1 is 0.706 bits per heavy atom. The van der Waals surface area contributed by atoms with Crippen LogP contribution in [0.2, 0.25) is 0 Å². The van der Waals surface area contributed by atoms with E-state index >= 15 is 0 Å². The van der Waals surface area contributed by atoms with Crippen molar-refractivity contribution in [2.24, 2.45) is 0 Å². The average molecular weight is 289 g/mol. The Morgan fingerprint density at radius 3 is 1.41 bits per heavy atom. The molecular formula is C12H10FeO3P+4. The molecule has 0 amide bonds. The molecule has 0 atom stereocenters. The van der Waals surface area contributed by atoms with Crippen molar-refractivity contribution in [3.63, 3.8) is 0 Å². The summed E-state index contributed by atoms with van der Waals surface area (Å²) in [6, 6.07) is 17.8. The van der Waals surface area contributed by atoms with E-state index in [1.165, 1.54) is 0 Å². The van der Waals surface area contributed by atoms with Crippen LogP contribution in [0.15, 0.2) is 60.7 Å². The second kappa shape index (κ2) is 7.08. The molecule has 0 unspecified atom stereocenters. The van der Waals surface area contributed by atoms with Crippen LogP contribution in [0.4, 0.5) is 0 Å². The molecule has 0 saturated carbocycles. The molecule has 0 aliphatic carbocycles. The molecule has 0 aliphatic rings. The monoisotopic (exact) mass is 289 g/mol. The molecule has 2 aromatic rings. The van der Waals surface area contributed by atoms with Crippen molar-refractivity contribution >= 4 is 8.25 Å². The summed E-state index contributed by atoms with van der Waals surface area (Å²) in [6.07, 6.45) is 0. The first-order chi connectivity index (χ1) is 7.84. The summed E-state index contributed by atoms with van der Waals surface area (Å²) in [7, 11) is -2.18. The van der Waals surface area contributed by atoms with Crippen LogP contribution < -0.4 is 9.05 Å². The van der Waals surface area contributed by atoms with Crippen molar-refractivity contribution in [3.05, 3.63) is 60.7 Å². The summed E-state index contributed by atoms with van der Waals surface area (Å²) in [4.78, 5) is 0. The number of hydrogen-bond donors (Lipinski definition) is 0. The molecule has 0 fully saturated rings. The Balaban J connectivity index is 0.00000144. The van der Waals surface area contributed by atoms with Crippen LogP contribution in [0.1, 0.15) is 0 Å². The van der Waals surface area contributed by atoms with E-state index in [-0.39, 0.29) is 17.1 Å². The van der Waals surface area contributed by atoms with Gasteiger partial charge in [0.2, 0.25) is 0 Å². The van der Waals surface area contributed by atoms with Crippen LogP contribution >= 0.6 is 8.25 Å². The van der Waals surface area contributed by atoms with Gasteiger partial charge in [0.05, 0.1) is 0 Å². The maximum Gasteiger partial charge on any atom is 3.00 e. The third kappa shape index (κ3) is 4.58. The summed E-state index contributed by atoms with van der Waals surface area (Å²) < 4.78 is 21.7. The van der Waals surface area contributed by atoms with Crippen LogP contribution in [0, 0.1) is 0 Å². The van der Waals surface area contributed by atoms with Crippen LogP contribution in [0.5, 0.6) is 11.5 Å². The largest absolute Gasteiger partial charge is 3.00 e. The summed E-state index contributed by atoms with van der Waals surface area (Å²) in [5, 5.41) is 0. The van der Waals surface area contributed by atoms with Gasteiger partial charge in [-0.2, -0.15) is 0 Å². The molecular weight excluding hydrogens is 279 g/mol. The third-order valence-corrected chi connectivity index (χ3v) is 2.57. The normalized spacial score (nSPS) is 8.94. The van der Waals surface area contributed by atoms with E-state index < -0.39 is 8.25 Å². The van der Waals surface area contributed by atoms with Gasteiger partial charge >= 0.3 is 25.3 Å². The van der Waals surface area contributed by atoms with Gasteiger partial charge in [0.1, 0.15) is 0 Å². The molecule has 2 rings (SSSR count). The number of hydrogen-bond acceptors (Lipinski definition) is 3. The van der Waals surface area contributed by atoms with Crippen LogP contribution in [-0.4, -0.2) is 0 Å². The Morgan fingerprint density at radius 2 is 1.06 bits per heavy atom. The quantitative estimate of drug-likeness (QED) is 0.634. The second-order valence-corrected chi connectivity index (χ2v) is 3.84. The molecule has 17 heavy (non-hydrogen) atoms. The fourth-order valence-corrected chi connectivity index (χ4v) is 1.78. The van der Waals surface area contributed by atoms with Gasteiger partial charge in [0, 0.05) is 4.57 Å².